The molecule has 0 aliphatic carbocycles. The molecule has 2 rings (SSSR count). The van der Waals surface area contributed by atoms with E-state index in [-0.39, 0.29) is 17.5 Å². The molecule has 1 saturated heterocycles. The number of ether oxygens (including phenoxy) is 1. The lowest BCUT2D eigenvalue weighted by atomic mass is 10.2. The van der Waals surface area contributed by atoms with Gasteiger partial charge < -0.3 is 15.4 Å². The lowest BCUT2D eigenvalue weighted by Gasteiger charge is -2.36. The molecule has 2 unspecified atom stereocenters. The number of halogens is 1. The predicted octanol–water partition coefficient (Wildman–Crippen LogP) is 1.63. The van der Waals surface area contributed by atoms with Gasteiger partial charge in [-0.25, -0.2) is 4.98 Å². The van der Waals surface area contributed by atoms with Gasteiger partial charge in [-0.1, -0.05) is 0 Å². The van der Waals surface area contributed by atoms with Crippen LogP contribution in [0.1, 0.15) is 19.5 Å². The van der Waals surface area contributed by atoms with E-state index in [0.717, 1.165) is 13.1 Å². The number of aryl methyl sites for hydroxylation is 1. The van der Waals surface area contributed by atoms with Crippen LogP contribution in [0.3, 0.4) is 0 Å². The zero-order valence-electron chi connectivity index (χ0n) is 10.3. The molecule has 6 heteroatoms. The van der Waals surface area contributed by atoms with E-state index in [0.29, 0.717) is 17.2 Å². The van der Waals surface area contributed by atoms with E-state index in [9.17, 15) is 0 Å². The number of anilines is 2. The molecule has 1 aromatic heterocycles. The molecule has 2 N–H and O–H groups in total. The molecule has 0 bridgehead atoms. The summed E-state index contributed by atoms with van der Waals surface area (Å²) in [6.45, 7) is 7.44. The Labute approximate surface area is 106 Å². The van der Waals surface area contributed by atoms with Gasteiger partial charge in [-0.05, 0) is 32.4 Å². The molecule has 17 heavy (non-hydrogen) atoms. The van der Waals surface area contributed by atoms with Gasteiger partial charge in [-0.2, -0.15) is 4.98 Å². The van der Waals surface area contributed by atoms with Gasteiger partial charge in [0.25, 0.3) is 0 Å². The largest absolute Gasteiger partial charge is 0.394 e. The first kappa shape index (κ1) is 12.4. The Balaban J connectivity index is 2.33. The third-order valence-corrected chi connectivity index (χ3v) is 2.98. The fourth-order valence-corrected chi connectivity index (χ4v) is 2.33. The summed E-state index contributed by atoms with van der Waals surface area (Å²) in [4.78, 5) is 10.4. The quantitative estimate of drug-likeness (QED) is 0.774. The summed E-state index contributed by atoms with van der Waals surface area (Å²) < 4.78 is 5.68. The van der Waals surface area contributed by atoms with Crippen molar-refractivity contribution in [1.29, 1.82) is 0 Å². The van der Waals surface area contributed by atoms with Crippen LogP contribution in [-0.2, 0) is 4.74 Å². The highest BCUT2D eigenvalue weighted by atomic mass is 35.5. The molecular weight excluding hydrogens is 240 g/mol. The Hall–Kier alpha value is -1.07. The van der Waals surface area contributed by atoms with Gasteiger partial charge in [0.1, 0.15) is 0 Å². The first-order valence-corrected chi connectivity index (χ1v) is 6.05. The smallest absolute Gasteiger partial charge is 0.224 e. The fourth-order valence-electron chi connectivity index (χ4n) is 2.12. The minimum Gasteiger partial charge on any atom is -0.394 e. The van der Waals surface area contributed by atoms with Crippen LogP contribution in [0.4, 0.5) is 11.5 Å². The van der Waals surface area contributed by atoms with E-state index in [2.05, 4.69) is 14.9 Å². The van der Waals surface area contributed by atoms with Crippen LogP contribution in [0.2, 0.25) is 5.28 Å². The van der Waals surface area contributed by atoms with Crippen LogP contribution in [0.15, 0.2) is 0 Å². The van der Waals surface area contributed by atoms with Gasteiger partial charge in [0, 0.05) is 13.1 Å². The van der Waals surface area contributed by atoms with Gasteiger partial charge in [0.15, 0.2) is 5.82 Å². The first-order valence-electron chi connectivity index (χ1n) is 5.67. The van der Waals surface area contributed by atoms with E-state index in [1.807, 2.05) is 20.8 Å². The maximum absolute atomic E-state index is 6.01. The normalized spacial score (nSPS) is 25.1. The van der Waals surface area contributed by atoms with Crippen molar-refractivity contribution in [3.63, 3.8) is 0 Å². The van der Waals surface area contributed by atoms with Crippen molar-refractivity contribution in [2.24, 2.45) is 0 Å². The monoisotopic (exact) mass is 256 g/mol. The van der Waals surface area contributed by atoms with Crippen LogP contribution < -0.4 is 10.6 Å². The van der Waals surface area contributed by atoms with Crippen molar-refractivity contribution >= 4 is 23.1 Å². The summed E-state index contributed by atoms with van der Waals surface area (Å²) in [6, 6.07) is 0. The lowest BCUT2D eigenvalue weighted by Crippen LogP contribution is -2.46. The standard InChI is InChI=1S/C11H17ClN4O/c1-6-4-16(5-7(2)17-6)10-9(13)8(3)14-11(12)15-10/h6-7H,4-5,13H2,1-3H3. The van der Waals surface area contributed by atoms with Crippen molar-refractivity contribution in [2.75, 3.05) is 23.7 Å². The molecule has 1 aliphatic rings. The van der Waals surface area contributed by atoms with E-state index in [1.54, 1.807) is 0 Å². The second-order valence-corrected chi connectivity index (χ2v) is 4.82. The molecular formula is C11H17ClN4O. The van der Waals surface area contributed by atoms with Crippen LogP contribution in [0, 0.1) is 6.92 Å². The van der Waals surface area contributed by atoms with Crippen molar-refractivity contribution in [3.8, 4) is 0 Å². The highest BCUT2D eigenvalue weighted by molar-refractivity contribution is 6.28. The minimum atomic E-state index is 0.159. The molecule has 0 amide bonds. The van der Waals surface area contributed by atoms with Gasteiger partial charge in [0.2, 0.25) is 5.28 Å². The average Bonchev–Trinajstić information content (AvgIpc) is 2.22. The number of nitrogens with zero attached hydrogens (tertiary/aromatic N) is 3. The predicted molar refractivity (Wildman–Crippen MR) is 68.4 cm³/mol. The first-order chi connectivity index (χ1) is 7.97. The molecule has 2 heterocycles. The molecule has 1 fully saturated rings. The number of morpholine rings is 1. The Kier molecular flexibility index (Phi) is 3.40. The highest BCUT2D eigenvalue weighted by Gasteiger charge is 2.25. The Bertz CT molecular complexity index is 416. The Morgan fingerprint density at radius 3 is 2.47 bits per heavy atom. The van der Waals surface area contributed by atoms with Crippen LogP contribution >= 0.6 is 11.6 Å². The molecule has 1 aliphatic heterocycles. The van der Waals surface area contributed by atoms with Crippen molar-refractivity contribution in [2.45, 2.75) is 33.0 Å². The maximum Gasteiger partial charge on any atom is 0.224 e. The summed E-state index contributed by atoms with van der Waals surface area (Å²) in [5.74, 6) is 0.713. The molecule has 2 atom stereocenters. The summed E-state index contributed by atoms with van der Waals surface area (Å²) in [6.07, 6.45) is 0.319. The highest BCUT2D eigenvalue weighted by Crippen LogP contribution is 2.27. The van der Waals surface area contributed by atoms with Gasteiger partial charge in [0.05, 0.1) is 23.6 Å². The molecule has 94 valence electrons. The van der Waals surface area contributed by atoms with Crippen molar-refractivity contribution in [3.05, 3.63) is 11.0 Å². The van der Waals surface area contributed by atoms with Crippen LogP contribution in [-0.4, -0.2) is 35.3 Å². The van der Waals surface area contributed by atoms with Crippen molar-refractivity contribution in [1.82, 2.24) is 9.97 Å². The Morgan fingerprint density at radius 1 is 1.29 bits per heavy atom. The molecule has 1 aromatic rings. The van der Waals surface area contributed by atoms with E-state index in [1.165, 1.54) is 0 Å². The van der Waals surface area contributed by atoms with Gasteiger partial charge >= 0.3 is 0 Å². The third-order valence-electron chi connectivity index (χ3n) is 2.81. The topological polar surface area (TPSA) is 64.3 Å². The molecule has 5 nitrogen and oxygen atoms in total. The Morgan fingerprint density at radius 2 is 1.88 bits per heavy atom. The lowest BCUT2D eigenvalue weighted by molar-refractivity contribution is -0.00542. The third kappa shape index (κ3) is 2.61. The van der Waals surface area contributed by atoms with Crippen LogP contribution in [0.5, 0.6) is 0 Å². The van der Waals surface area contributed by atoms with E-state index >= 15 is 0 Å². The molecule has 0 saturated carbocycles. The summed E-state index contributed by atoms with van der Waals surface area (Å²) in [7, 11) is 0. The van der Waals surface area contributed by atoms with E-state index in [4.69, 9.17) is 22.1 Å². The summed E-state index contributed by atoms with van der Waals surface area (Å²) in [5, 5.41) is 0.235. The van der Waals surface area contributed by atoms with E-state index < -0.39 is 0 Å². The number of rotatable bonds is 1. The number of hydrogen-bond acceptors (Lipinski definition) is 5. The summed E-state index contributed by atoms with van der Waals surface area (Å²) in [5.41, 5.74) is 7.31. The van der Waals surface area contributed by atoms with Crippen LogP contribution in [0.25, 0.3) is 0 Å². The second kappa shape index (κ2) is 4.66. The second-order valence-electron chi connectivity index (χ2n) is 4.48. The maximum atomic E-state index is 6.01. The molecule has 0 spiro atoms. The number of hydrogen-bond donors (Lipinski definition) is 1. The molecule has 0 aromatic carbocycles. The zero-order chi connectivity index (χ0) is 12.6. The van der Waals surface area contributed by atoms with Gasteiger partial charge in [-0.15, -0.1) is 0 Å². The summed E-state index contributed by atoms with van der Waals surface area (Å²) >= 11 is 5.88. The average molecular weight is 257 g/mol. The van der Waals surface area contributed by atoms with Gasteiger partial charge in [-0.3, -0.25) is 0 Å². The number of nitrogen functional groups attached to an aromatic ring is 1. The SMILES string of the molecule is Cc1nc(Cl)nc(N2CC(C)OC(C)C2)c1N. The molecule has 0 radical (unpaired) electrons. The number of nitrogens with two attached hydrogens (primary N) is 1. The van der Waals surface area contributed by atoms with Crippen molar-refractivity contribution < 1.29 is 4.74 Å². The zero-order valence-corrected chi connectivity index (χ0v) is 11.0. The fraction of sp³-hybridized carbons (Fsp3) is 0.636. The number of aromatic nitrogens is 2. The minimum absolute atomic E-state index is 0.159.